The fraction of sp³-hybridized carbons (Fsp3) is 0.733. The molecule has 2 amide bonds. The molecule has 0 unspecified atom stereocenters. The summed E-state index contributed by atoms with van der Waals surface area (Å²) >= 11 is 0. The highest BCUT2D eigenvalue weighted by Crippen LogP contribution is 2.20. The number of methoxy groups -OCH3 is 1. The van der Waals surface area contributed by atoms with Crippen molar-refractivity contribution in [3.8, 4) is 0 Å². The van der Waals surface area contributed by atoms with Gasteiger partial charge in [0.25, 0.3) is 0 Å². The van der Waals surface area contributed by atoms with Crippen LogP contribution in [0.3, 0.4) is 0 Å². The Morgan fingerprint density at radius 3 is 2.71 bits per heavy atom. The van der Waals surface area contributed by atoms with Crippen LogP contribution in [0.1, 0.15) is 25.1 Å². The zero-order valence-electron chi connectivity index (χ0n) is 14.0. The number of aromatic nitrogens is 3. The van der Waals surface area contributed by atoms with E-state index < -0.39 is 6.09 Å². The second kappa shape index (κ2) is 7.61. The predicted octanol–water partition coefficient (Wildman–Crippen LogP) is 0.0698. The maximum absolute atomic E-state index is 12.8. The van der Waals surface area contributed by atoms with E-state index in [1.54, 1.807) is 4.90 Å². The van der Waals surface area contributed by atoms with E-state index in [-0.39, 0.29) is 11.9 Å². The Hall–Kier alpha value is -2.16. The molecule has 0 radical (unpaired) electrons. The number of hydrogen-bond donors (Lipinski definition) is 1. The van der Waals surface area contributed by atoms with Crippen molar-refractivity contribution in [2.24, 2.45) is 0 Å². The van der Waals surface area contributed by atoms with Crippen LogP contribution in [0.15, 0.2) is 6.33 Å². The van der Waals surface area contributed by atoms with Gasteiger partial charge in [-0.05, 0) is 19.3 Å². The zero-order valence-corrected chi connectivity index (χ0v) is 14.0. The molecule has 132 valence electrons. The predicted molar refractivity (Wildman–Crippen MR) is 85.0 cm³/mol. The molecule has 9 nitrogen and oxygen atoms in total. The van der Waals surface area contributed by atoms with Gasteiger partial charge in [-0.1, -0.05) is 0 Å². The van der Waals surface area contributed by atoms with Gasteiger partial charge in [0.2, 0.25) is 5.91 Å². The van der Waals surface area contributed by atoms with Crippen molar-refractivity contribution in [1.29, 1.82) is 0 Å². The van der Waals surface area contributed by atoms with Crippen LogP contribution in [-0.4, -0.2) is 87.8 Å². The van der Waals surface area contributed by atoms with E-state index in [1.807, 2.05) is 4.90 Å². The normalized spacial score (nSPS) is 22.5. The molecule has 2 saturated heterocycles. The monoisotopic (exact) mass is 336 g/mol. The molecule has 0 aromatic carbocycles. The summed E-state index contributed by atoms with van der Waals surface area (Å²) in [4.78, 5) is 34.5. The molecule has 24 heavy (non-hydrogen) atoms. The summed E-state index contributed by atoms with van der Waals surface area (Å²) in [5, 5.41) is 6.70. The first-order valence-electron chi connectivity index (χ1n) is 8.39. The standard InChI is InChI=1S/C15H24N6O3/c1-24-15(23)21-5-3-2-4-12(21)14(22)20-8-6-19(7-9-20)10-13-16-11-17-18-13/h11-12H,2-10H2,1H3,(H,16,17,18)/t12-/m1/s1. The van der Waals surface area contributed by atoms with Gasteiger partial charge in [0.05, 0.1) is 13.7 Å². The van der Waals surface area contributed by atoms with E-state index in [4.69, 9.17) is 4.74 Å². The van der Waals surface area contributed by atoms with Crippen LogP contribution in [0, 0.1) is 0 Å². The van der Waals surface area contributed by atoms with Gasteiger partial charge in [-0.15, -0.1) is 0 Å². The minimum Gasteiger partial charge on any atom is -0.453 e. The highest BCUT2D eigenvalue weighted by Gasteiger charge is 2.36. The first-order chi connectivity index (χ1) is 11.7. The third-order valence-electron chi connectivity index (χ3n) is 4.72. The Bertz CT molecular complexity index is 556. The van der Waals surface area contributed by atoms with Gasteiger partial charge >= 0.3 is 6.09 Å². The number of nitrogens with zero attached hydrogens (tertiary/aromatic N) is 5. The van der Waals surface area contributed by atoms with Gasteiger partial charge in [-0.2, -0.15) is 5.10 Å². The number of carbonyl (C=O) groups excluding carboxylic acids is 2. The highest BCUT2D eigenvalue weighted by molar-refractivity contribution is 5.86. The largest absolute Gasteiger partial charge is 0.453 e. The van der Waals surface area contributed by atoms with Crippen molar-refractivity contribution >= 4 is 12.0 Å². The van der Waals surface area contributed by atoms with Gasteiger partial charge in [0.1, 0.15) is 18.2 Å². The minimum atomic E-state index is -0.406. The SMILES string of the molecule is COC(=O)N1CCCC[C@@H]1C(=O)N1CCN(Cc2ncn[nH]2)CC1. The Labute approximate surface area is 140 Å². The van der Waals surface area contributed by atoms with E-state index in [2.05, 4.69) is 20.1 Å². The first-order valence-corrected chi connectivity index (χ1v) is 8.39. The summed E-state index contributed by atoms with van der Waals surface area (Å²) in [6, 6.07) is -0.382. The smallest absolute Gasteiger partial charge is 0.410 e. The molecule has 2 aliphatic heterocycles. The summed E-state index contributed by atoms with van der Waals surface area (Å²) in [5.74, 6) is 0.873. The van der Waals surface area contributed by atoms with Crippen molar-refractivity contribution in [2.75, 3.05) is 39.8 Å². The van der Waals surface area contributed by atoms with E-state index in [9.17, 15) is 9.59 Å². The van der Waals surface area contributed by atoms with Crippen molar-refractivity contribution < 1.29 is 14.3 Å². The summed E-state index contributed by atoms with van der Waals surface area (Å²) in [6.07, 6.45) is 3.70. The molecular weight excluding hydrogens is 312 g/mol. The zero-order chi connectivity index (χ0) is 16.9. The van der Waals surface area contributed by atoms with Gasteiger partial charge < -0.3 is 9.64 Å². The maximum atomic E-state index is 12.8. The van der Waals surface area contributed by atoms with E-state index >= 15 is 0 Å². The number of piperazine rings is 1. The Morgan fingerprint density at radius 1 is 1.25 bits per heavy atom. The Balaban J connectivity index is 1.54. The second-order valence-corrected chi connectivity index (χ2v) is 6.21. The summed E-state index contributed by atoms with van der Waals surface area (Å²) in [6.45, 7) is 4.21. The molecule has 2 fully saturated rings. The molecule has 3 heterocycles. The molecule has 1 aromatic rings. The lowest BCUT2D eigenvalue weighted by molar-refractivity contribution is -0.139. The van der Waals surface area contributed by atoms with Crippen LogP contribution in [0.25, 0.3) is 0 Å². The summed E-state index contributed by atoms with van der Waals surface area (Å²) in [5.41, 5.74) is 0. The van der Waals surface area contributed by atoms with Crippen LogP contribution >= 0.6 is 0 Å². The number of aromatic amines is 1. The van der Waals surface area contributed by atoms with Crippen LogP contribution in [0.4, 0.5) is 4.79 Å². The molecule has 1 atom stereocenters. The van der Waals surface area contributed by atoms with Crippen LogP contribution in [-0.2, 0) is 16.1 Å². The molecule has 1 N–H and O–H groups in total. The number of likely N-dealkylation sites (tertiary alicyclic amines) is 1. The van der Waals surface area contributed by atoms with Gasteiger partial charge in [-0.3, -0.25) is 19.7 Å². The molecule has 2 aliphatic rings. The molecule has 1 aromatic heterocycles. The number of nitrogens with one attached hydrogen (secondary N) is 1. The molecule has 0 spiro atoms. The molecule has 0 bridgehead atoms. The summed E-state index contributed by atoms with van der Waals surface area (Å²) < 4.78 is 4.82. The molecule has 3 rings (SSSR count). The lowest BCUT2D eigenvalue weighted by atomic mass is 10.0. The fourth-order valence-corrected chi connectivity index (χ4v) is 3.38. The quantitative estimate of drug-likeness (QED) is 0.839. The number of hydrogen-bond acceptors (Lipinski definition) is 6. The van der Waals surface area contributed by atoms with Crippen molar-refractivity contribution in [3.63, 3.8) is 0 Å². The Morgan fingerprint density at radius 2 is 2.04 bits per heavy atom. The topological polar surface area (TPSA) is 94.7 Å². The summed E-state index contributed by atoms with van der Waals surface area (Å²) in [7, 11) is 1.36. The maximum Gasteiger partial charge on any atom is 0.410 e. The fourth-order valence-electron chi connectivity index (χ4n) is 3.38. The number of carbonyl (C=O) groups is 2. The van der Waals surface area contributed by atoms with Crippen molar-refractivity contribution in [2.45, 2.75) is 31.8 Å². The number of H-pyrrole nitrogens is 1. The third-order valence-corrected chi connectivity index (χ3v) is 4.72. The third kappa shape index (κ3) is 3.66. The molecule has 0 saturated carbocycles. The highest BCUT2D eigenvalue weighted by atomic mass is 16.5. The lowest BCUT2D eigenvalue weighted by Gasteiger charge is -2.40. The lowest BCUT2D eigenvalue weighted by Crippen LogP contribution is -2.57. The average molecular weight is 336 g/mol. The van der Waals surface area contributed by atoms with E-state index in [1.165, 1.54) is 13.4 Å². The van der Waals surface area contributed by atoms with Crippen LogP contribution in [0.2, 0.25) is 0 Å². The van der Waals surface area contributed by atoms with Crippen molar-refractivity contribution in [1.82, 2.24) is 29.9 Å². The molecular formula is C15H24N6O3. The van der Waals surface area contributed by atoms with Crippen LogP contribution in [0.5, 0.6) is 0 Å². The van der Waals surface area contributed by atoms with Crippen molar-refractivity contribution in [3.05, 3.63) is 12.2 Å². The number of piperidine rings is 1. The van der Waals surface area contributed by atoms with E-state index in [0.29, 0.717) is 32.6 Å². The molecule has 9 heteroatoms. The van der Waals surface area contributed by atoms with Gasteiger partial charge in [0.15, 0.2) is 0 Å². The van der Waals surface area contributed by atoms with Crippen LogP contribution < -0.4 is 0 Å². The molecule has 0 aliphatic carbocycles. The van der Waals surface area contributed by atoms with Gasteiger partial charge in [-0.25, -0.2) is 9.78 Å². The first kappa shape index (κ1) is 16.7. The second-order valence-electron chi connectivity index (χ2n) is 6.21. The number of amides is 2. The number of ether oxygens (including phenoxy) is 1. The average Bonchev–Trinajstić information content (AvgIpc) is 3.14. The van der Waals surface area contributed by atoms with Gasteiger partial charge in [0, 0.05) is 32.7 Å². The van der Waals surface area contributed by atoms with E-state index in [0.717, 1.165) is 31.8 Å². The minimum absolute atomic E-state index is 0.0411. The number of rotatable bonds is 3. The Kier molecular flexibility index (Phi) is 5.29.